The Balaban J connectivity index is 1.76. The molecule has 0 saturated heterocycles. The number of rotatable bonds is 8. The van der Waals surface area contributed by atoms with E-state index in [1.54, 1.807) is 27.7 Å². The highest BCUT2D eigenvalue weighted by Gasteiger charge is 2.39. The summed E-state index contributed by atoms with van der Waals surface area (Å²) in [5.74, 6) is 0.705. The maximum absolute atomic E-state index is 12.2. The number of amides is 1. The summed E-state index contributed by atoms with van der Waals surface area (Å²) >= 11 is 0. The molecule has 2 aliphatic rings. The van der Waals surface area contributed by atoms with Crippen molar-refractivity contribution in [2.24, 2.45) is 11.8 Å². The third-order valence-corrected chi connectivity index (χ3v) is 4.16. The minimum Gasteiger partial charge on any atom is -0.458 e. The number of hydrogen-bond acceptors (Lipinski definition) is 5. The predicted molar refractivity (Wildman–Crippen MR) is 89.6 cm³/mol. The lowest BCUT2D eigenvalue weighted by molar-refractivity contribution is -0.159. The minimum atomic E-state index is -0.759. The van der Waals surface area contributed by atoms with Crippen molar-refractivity contribution in [2.45, 2.75) is 84.2 Å². The van der Waals surface area contributed by atoms with Gasteiger partial charge in [-0.1, -0.05) is 0 Å². The van der Waals surface area contributed by atoms with Crippen molar-refractivity contribution >= 4 is 12.1 Å². The van der Waals surface area contributed by atoms with Gasteiger partial charge in [0.1, 0.15) is 17.7 Å². The summed E-state index contributed by atoms with van der Waals surface area (Å²) in [5.41, 5.74) is -0.602. The average molecular weight is 341 g/mol. The van der Waals surface area contributed by atoms with Crippen LogP contribution in [-0.2, 0) is 19.0 Å². The molecule has 0 aliphatic heterocycles. The van der Waals surface area contributed by atoms with Crippen molar-refractivity contribution in [3.63, 3.8) is 0 Å². The molecule has 6 nitrogen and oxygen atoms in total. The molecule has 0 aromatic carbocycles. The van der Waals surface area contributed by atoms with Crippen LogP contribution in [0.15, 0.2) is 0 Å². The first-order valence-corrected chi connectivity index (χ1v) is 8.97. The largest absolute Gasteiger partial charge is 0.458 e. The third-order valence-electron chi connectivity index (χ3n) is 4.16. The van der Waals surface area contributed by atoms with Crippen LogP contribution in [-0.4, -0.2) is 42.5 Å². The van der Waals surface area contributed by atoms with Crippen LogP contribution in [0.4, 0.5) is 4.79 Å². The highest BCUT2D eigenvalue weighted by atomic mass is 16.6. The molecule has 2 fully saturated rings. The molecule has 1 amide bonds. The number of hydrogen-bond donors (Lipinski definition) is 1. The van der Waals surface area contributed by atoms with Crippen molar-refractivity contribution in [3.05, 3.63) is 0 Å². The Hall–Kier alpha value is -1.30. The van der Waals surface area contributed by atoms with Gasteiger partial charge in [-0.2, -0.15) is 0 Å². The molecule has 0 heterocycles. The predicted octanol–water partition coefficient (Wildman–Crippen LogP) is 3.04. The Morgan fingerprint density at radius 1 is 1.12 bits per heavy atom. The van der Waals surface area contributed by atoms with E-state index in [4.69, 9.17) is 14.2 Å². The van der Waals surface area contributed by atoms with Gasteiger partial charge in [0.2, 0.25) is 0 Å². The Morgan fingerprint density at radius 3 is 2.25 bits per heavy atom. The first kappa shape index (κ1) is 19.0. The normalized spacial score (nSPS) is 21.5. The zero-order valence-corrected chi connectivity index (χ0v) is 15.5. The second-order valence-corrected chi connectivity index (χ2v) is 8.09. The first-order valence-electron chi connectivity index (χ1n) is 8.97. The fourth-order valence-electron chi connectivity index (χ4n) is 2.51. The number of esters is 1. The Kier molecular flexibility index (Phi) is 6.12. The Morgan fingerprint density at radius 2 is 1.75 bits per heavy atom. The fraction of sp³-hybridized carbons (Fsp3) is 0.889. The first-order chi connectivity index (χ1) is 11.2. The highest BCUT2D eigenvalue weighted by Crippen LogP contribution is 2.38. The van der Waals surface area contributed by atoms with Gasteiger partial charge in [0.25, 0.3) is 0 Å². The highest BCUT2D eigenvalue weighted by molar-refractivity contribution is 5.81. The van der Waals surface area contributed by atoms with Crippen LogP contribution in [0.25, 0.3) is 0 Å². The topological polar surface area (TPSA) is 73.9 Å². The molecule has 138 valence electrons. The van der Waals surface area contributed by atoms with Gasteiger partial charge < -0.3 is 19.5 Å². The average Bonchev–Trinajstić information content (AvgIpc) is 3.31. The number of carbonyl (C=O) groups excluding carboxylic acids is 2. The molecule has 2 rings (SSSR count). The summed E-state index contributed by atoms with van der Waals surface area (Å²) in [6.07, 6.45) is 3.76. The number of ether oxygens (including phenoxy) is 3. The molecule has 0 aromatic heterocycles. The van der Waals surface area contributed by atoms with E-state index in [2.05, 4.69) is 5.32 Å². The van der Waals surface area contributed by atoms with E-state index in [1.165, 1.54) is 12.8 Å². The molecule has 1 N–H and O–H groups in total. The summed E-state index contributed by atoms with van der Waals surface area (Å²) in [6.45, 7) is 9.54. The standard InChI is InChI=1S/C18H31NO5/c1-11(19-17(21)24-18(3,4)5)16(20)23-12(2)15(14-8-9-14)22-10-13-6-7-13/h11-15H,6-10H2,1-5H3,(H,19,21)/t11-,12-,15-/m0/s1. The maximum atomic E-state index is 12.2. The second-order valence-electron chi connectivity index (χ2n) is 8.09. The molecule has 6 heteroatoms. The molecule has 0 spiro atoms. The number of carbonyl (C=O) groups is 2. The zero-order valence-electron chi connectivity index (χ0n) is 15.5. The monoisotopic (exact) mass is 341 g/mol. The molecule has 0 aromatic rings. The van der Waals surface area contributed by atoms with Gasteiger partial charge in [0, 0.05) is 6.61 Å². The molecular weight excluding hydrogens is 310 g/mol. The summed E-state index contributed by atoms with van der Waals surface area (Å²) in [5, 5.41) is 2.51. The summed E-state index contributed by atoms with van der Waals surface area (Å²) < 4.78 is 16.7. The van der Waals surface area contributed by atoms with Gasteiger partial charge in [0.15, 0.2) is 0 Å². The van der Waals surface area contributed by atoms with Crippen molar-refractivity contribution in [1.82, 2.24) is 5.32 Å². The third kappa shape index (κ3) is 6.67. The lowest BCUT2D eigenvalue weighted by Crippen LogP contribution is -2.44. The zero-order chi connectivity index (χ0) is 17.9. The van der Waals surface area contributed by atoms with Crippen LogP contribution in [0.5, 0.6) is 0 Å². The van der Waals surface area contributed by atoms with Crippen molar-refractivity contribution in [3.8, 4) is 0 Å². The maximum Gasteiger partial charge on any atom is 0.408 e. The van der Waals surface area contributed by atoms with Crippen molar-refractivity contribution < 1.29 is 23.8 Å². The molecular formula is C18H31NO5. The Labute approximate surface area is 144 Å². The minimum absolute atomic E-state index is 0.0386. The molecule has 24 heavy (non-hydrogen) atoms. The van der Waals surface area contributed by atoms with Crippen molar-refractivity contribution in [1.29, 1.82) is 0 Å². The SMILES string of the molecule is C[C@H](NC(=O)OC(C)(C)C)C(=O)O[C@@H](C)[C@H](OCC1CC1)C1CC1. The fourth-order valence-corrected chi connectivity index (χ4v) is 2.51. The van der Waals surface area contributed by atoms with E-state index < -0.39 is 23.7 Å². The smallest absolute Gasteiger partial charge is 0.408 e. The number of alkyl carbamates (subject to hydrolysis) is 1. The van der Waals surface area contributed by atoms with E-state index in [0.717, 1.165) is 19.4 Å². The van der Waals surface area contributed by atoms with Gasteiger partial charge in [0.05, 0.1) is 6.10 Å². The van der Waals surface area contributed by atoms with Gasteiger partial charge in [-0.3, -0.25) is 0 Å². The Bertz CT molecular complexity index is 451. The van der Waals surface area contributed by atoms with Crippen LogP contribution >= 0.6 is 0 Å². The summed E-state index contributed by atoms with van der Waals surface area (Å²) in [6, 6.07) is -0.759. The van der Waals surface area contributed by atoms with Crippen LogP contribution in [0.3, 0.4) is 0 Å². The molecule has 2 saturated carbocycles. The number of nitrogens with one attached hydrogen (secondary N) is 1. The summed E-state index contributed by atoms with van der Waals surface area (Å²) in [7, 11) is 0. The van der Waals surface area contributed by atoms with E-state index in [1.807, 2.05) is 6.92 Å². The molecule has 2 aliphatic carbocycles. The quantitative estimate of drug-likeness (QED) is 0.687. The van der Waals surface area contributed by atoms with E-state index in [9.17, 15) is 9.59 Å². The molecule has 0 unspecified atom stereocenters. The van der Waals surface area contributed by atoms with Crippen LogP contribution in [0.2, 0.25) is 0 Å². The van der Waals surface area contributed by atoms with E-state index >= 15 is 0 Å². The van der Waals surface area contributed by atoms with Gasteiger partial charge >= 0.3 is 12.1 Å². The molecule has 0 bridgehead atoms. The van der Waals surface area contributed by atoms with Crippen molar-refractivity contribution in [2.75, 3.05) is 6.61 Å². The van der Waals surface area contributed by atoms with Gasteiger partial charge in [-0.15, -0.1) is 0 Å². The lowest BCUT2D eigenvalue weighted by atomic mass is 10.1. The van der Waals surface area contributed by atoms with Crippen LogP contribution < -0.4 is 5.32 Å². The van der Waals surface area contributed by atoms with Crippen LogP contribution in [0.1, 0.15) is 60.3 Å². The van der Waals surface area contributed by atoms with E-state index in [-0.39, 0.29) is 12.2 Å². The molecule has 3 atom stereocenters. The summed E-state index contributed by atoms with van der Waals surface area (Å²) in [4.78, 5) is 23.9. The second kappa shape index (κ2) is 7.72. The lowest BCUT2D eigenvalue weighted by Gasteiger charge is -2.26. The van der Waals surface area contributed by atoms with Crippen LogP contribution in [0, 0.1) is 11.8 Å². The molecule has 0 radical (unpaired) electrons. The van der Waals surface area contributed by atoms with Gasteiger partial charge in [-0.25, -0.2) is 9.59 Å². The van der Waals surface area contributed by atoms with E-state index in [0.29, 0.717) is 11.8 Å². The van der Waals surface area contributed by atoms with Gasteiger partial charge in [-0.05, 0) is 72.1 Å².